The Hall–Kier alpha value is -2.08. The first-order valence-corrected chi connectivity index (χ1v) is 10.9. The number of nitrogens with zero attached hydrogens (tertiary/aromatic N) is 1. The summed E-state index contributed by atoms with van der Waals surface area (Å²) in [5, 5.41) is 4.79. The number of ether oxygens (including phenoxy) is 2. The third-order valence-electron chi connectivity index (χ3n) is 5.11. The first-order valence-electron chi connectivity index (χ1n) is 10.1. The molecule has 5 heteroatoms. The molecule has 4 nitrogen and oxygen atoms in total. The zero-order chi connectivity index (χ0) is 19.3. The molecule has 1 atom stereocenters. The zero-order valence-corrected chi connectivity index (χ0v) is 17.4. The van der Waals surface area contributed by atoms with Crippen LogP contribution in [0.25, 0.3) is 10.1 Å². The standard InChI is InChI=1S/C23H28N2O2S/c1-3-26-19-10-9-18(15-20(19)27-4-2)23(25-13-11-24-12-14-25)22-16-17-7-5-6-8-21(17)28-22/h5-10,15-16,23-24H,3-4,11-14H2,1-2H3. The fourth-order valence-electron chi connectivity index (χ4n) is 3.87. The van der Waals surface area contributed by atoms with E-state index >= 15 is 0 Å². The van der Waals surface area contributed by atoms with E-state index in [1.54, 1.807) is 0 Å². The van der Waals surface area contributed by atoms with Crippen LogP contribution in [0.5, 0.6) is 11.5 Å². The van der Waals surface area contributed by atoms with Crippen LogP contribution in [0.3, 0.4) is 0 Å². The highest BCUT2D eigenvalue weighted by atomic mass is 32.1. The Morgan fingerprint density at radius 2 is 1.71 bits per heavy atom. The van der Waals surface area contributed by atoms with E-state index < -0.39 is 0 Å². The largest absolute Gasteiger partial charge is 0.490 e. The van der Waals surface area contributed by atoms with Gasteiger partial charge in [-0.2, -0.15) is 0 Å². The second-order valence-electron chi connectivity index (χ2n) is 6.95. The number of thiophene rings is 1. The Kier molecular flexibility index (Phi) is 6.15. The molecule has 0 bridgehead atoms. The first kappa shape index (κ1) is 19.2. The van der Waals surface area contributed by atoms with Crippen LogP contribution in [0.15, 0.2) is 48.5 Å². The monoisotopic (exact) mass is 396 g/mol. The molecule has 28 heavy (non-hydrogen) atoms. The molecule has 1 aromatic heterocycles. The molecule has 148 valence electrons. The van der Waals surface area contributed by atoms with E-state index in [-0.39, 0.29) is 6.04 Å². The number of hydrogen-bond donors (Lipinski definition) is 1. The average molecular weight is 397 g/mol. The first-order chi connectivity index (χ1) is 13.8. The fourth-order valence-corrected chi connectivity index (χ4v) is 5.10. The molecule has 0 radical (unpaired) electrons. The van der Waals surface area contributed by atoms with Crippen molar-refractivity contribution in [3.8, 4) is 11.5 Å². The van der Waals surface area contributed by atoms with E-state index in [1.165, 1.54) is 20.5 Å². The predicted octanol–water partition coefficient (Wildman–Crippen LogP) is 4.69. The molecule has 1 N–H and O–H groups in total. The summed E-state index contributed by atoms with van der Waals surface area (Å²) in [5.74, 6) is 1.66. The van der Waals surface area contributed by atoms with Crippen molar-refractivity contribution in [2.75, 3.05) is 39.4 Å². The van der Waals surface area contributed by atoms with Gasteiger partial charge in [0.25, 0.3) is 0 Å². The number of piperazine rings is 1. The third-order valence-corrected chi connectivity index (χ3v) is 6.28. The van der Waals surface area contributed by atoms with Crippen LogP contribution in [0.4, 0.5) is 0 Å². The van der Waals surface area contributed by atoms with Crippen LogP contribution in [0, 0.1) is 0 Å². The highest BCUT2D eigenvalue weighted by Gasteiger charge is 2.26. The van der Waals surface area contributed by atoms with Gasteiger partial charge >= 0.3 is 0 Å². The van der Waals surface area contributed by atoms with Crippen LogP contribution in [-0.2, 0) is 0 Å². The maximum atomic E-state index is 5.91. The van der Waals surface area contributed by atoms with Gasteiger partial charge in [-0.15, -0.1) is 11.3 Å². The van der Waals surface area contributed by atoms with E-state index in [1.807, 2.05) is 25.2 Å². The van der Waals surface area contributed by atoms with E-state index in [0.29, 0.717) is 13.2 Å². The van der Waals surface area contributed by atoms with E-state index in [4.69, 9.17) is 9.47 Å². The molecule has 2 aromatic carbocycles. The molecule has 0 amide bonds. The second kappa shape index (κ2) is 8.95. The van der Waals surface area contributed by atoms with Crippen molar-refractivity contribution in [3.05, 3.63) is 59.0 Å². The van der Waals surface area contributed by atoms with Crippen LogP contribution < -0.4 is 14.8 Å². The van der Waals surface area contributed by atoms with Crippen molar-refractivity contribution < 1.29 is 9.47 Å². The molecular weight excluding hydrogens is 368 g/mol. The summed E-state index contributed by atoms with van der Waals surface area (Å²) >= 11 is 1.89. The summed E-state index contributed by atoms with van der Waals surface area (Å²) in [4.78, 5) is 3.96. The van der Waals surface area contributed by atoms with Crippen molar-refractivity contribution >= 4 is 21.4 Å². The van der Waals surface area contributed by atoms with Gasteiger partial charge in [-0.3, -0.25) is 4.90 Å². The highest BCUT2D eigenvalue weighted by molar-refractivity contribution is 7.19. The quantitative estimate of drug-likeness (QED) is 0.628. The van der Waals surface area contributed by atoms with E-state index in [0.717, 1.165) is 37.7 Å². The lowest BCUT2D eigenvalue weighted by Gasteiger charge is -2.35. The maximum Gasteiger partial charge on any atom is 0.161 e. The van der Waals surface area contributed by atoms with Gasteiger partial charge in [0.15, 0.2) is 11.5 Å². The summed E-state index contributed by atoms with van der Waals surface area (Å²) < 4.78 is 13.0. The van der Waals surface area contributed by atoms with E-state index in [9.17, 15) is 0 Å². The van der Waals surface area contributed by atoms with Gasteiger partial charge in [-0.25, -0.2) is 0 Å². The van der Waals surface area contributed by atoms with Crippen LogP contribution in [0.1, 0.15) is 30.3 Å². The van der Waals surface area contributed by atoms with Crippen molar-refractivity contribution in [1.82, 2.24) is 10.2 Å². The summed E-state index contributed by atoms with van der Waals surface area (Å²) in [6.07, 6.45) is 0. The smallest absolute Gasteiger partial charge is 0.161 e. The number of hydrogen-bond acceptors (Lipinski definition) is 5. The number of fused-ring (bicyclic) bond motifs is 1. The third kappa shape index (κ3) is 4.02. The Morgan fingerprint density at radius 3 is 2.46 bits per heavy atom. The number of rotatable bonds is 7. The molecule has 1 aliphatic rings. The predicted molar refractivity (Wildman–Crippen MR) is 117 cm³/mol. The summed E-state index contributed by atoms with van der Waals surface area (Å²) in [6, 6.07) is 17.7. The molecule has 1 aliphatic heterocycles. The molecule has 1 unspecified atom stereocenters. The van der Waals surface area contributed by atoms with Gasteiger partial charge in [-0.05, 0) is 49.1 Å². The molecule has 1 saturated heterocycles. The molecule has 3 aromatic rings. The SMILES string of the molecule is CCOc1ccc(C(c2cc3ccccc3s2)N2CCNCC2)cc1OCC. The lowest BCUT2D eigenvalue weighted by atomic mass is 10.0. The van der Waals surface area contributed by atoms with Crippen LogP contribution in [-0.4, -0.2) is 44.3 Å². The molecular formula is C23H28N2O2S. The molecule has 1 fully saturated rings. The molecule has 2 heterocycles. The summed E-state index contributed by atoms with van der Waals surface area (Å²) in [5.41, 5.74) is 1.26. The Labute approximate surface area is 171 Å². The van der Waals surface area contributed by atoms with E-state index in [2.05, 4.69) is 58.7 Å². The van der Waals surface area contributed by atoms with Crippen LogP contribution >= 0.6 is 11.3 Å². The van der Waals surface area contributed by atoms with Gasteiger partial charge in [-0.1, -0.05) is 24.3 Å². The van der Waals surface area contributed by atoms with Gasteiger partial charge in [0.1, 0.15) is 0 Å². The van der Waals surface area contributed by atoms with Crippen molar-refractivity contribution in [2.45, 2.75) is 19.9 Å². The van der Waals surface area contributed by atoms with Gasteiger partial charge < -0.3 is 14.8 Å². The lowest BCUT2D eigenvalue weighted by molar-refractivity contribution is 0.200. The minimum Gasteiger partial charge on any atom is -0.490 e. The van der Waals surface area contributed by atoms with Gasteiger partial charge in [0, 0.05) is 35.8 Å². The average Bonchev–Trinajstić information content (AvgIpc) is 3.15. The van der Waals surface area contributed by atoms with Crippen molar-refractivity contribution in [3.63, 3.8) is 0 Å². The summed E-state index contributed by atoms with van der Waals surface area (Å²) in [6.45, 7) is 9.41. The maximum absolute atomic E-state index is 5.91. The van der Waals surface area contributed by atoms with Crippen LogP contribution in [0.2, 0.25) is 0 Å². The number of nitrogens with one attached hydrogen (secondary N) is 1. The minimum absolute atomic E-state index is 0.231. The number of benzene rings is 2. The topological polar surface area (TPSA) is 33.7 Å². The van der Waals surface area contributed by atoms with Gasteiger partial charge in [0.2, 0.25) is 0 Å². The molecule has 0 spiro atoms. The van der Waals surface area contributed by atoms with Gasteiger partial charge in [0.05, 0.1) is 19.3 Å². The zero-order valence-electron chi connectivity index (χ0n) is 16.6. The van der Waals surface area contributed by atoms with Crippen molar-refractivity contribution in [1.29, 1.82) is 0 Å². The summed E-state index contributed by atoms with van der Waals surface area (Å²) in [7, 11) is 0. The Balaban J connectivity index is 1.77. The minimum atomic E-state index is 0.231. The fraction of sp³-hybridized carbons (Fsp3) is 0.391. The highest BCUT2D eigenvalue weighted by Crippen LogP contribution is 2.40. The second-order valence-corrected chi connectivity index (χ2v) is 8.06. The Morgan fingerprint density at radius 1 is 0.964 bits per heavy atom. The normalized spacial score (nSPS) is 16.2. The van der Waals surface area contributed by atoms with Crippen molar-refractivity contribution in [2.24, 2.45) is 0 Å². The lowest BCUT2D eigenvalue weighted by Crippen LogP contribution is -2.45. The molecule has 0 saturated carbocycles. The Bertz CT molecular complexity index is 885. The molecule has 4 rings (SSSR count). The molecule has 0 aliphatic carbocycles.